The van der Waals surface area contributed by atoms with Crippen LogP contribution in [-0.4, -0.2) is 43.1 Å². The second kappa shape index (κ2) is 35.8. The lowest BCUT2D eigenvalue weighted by molar-refractivity contribution is 0.660. The molecule has 13 aromatic carbocycles. The summed E-state index contributed by atoms with van der Waals surface area (Å²) in [4.78, 5) is 29.0. The zero-order valence-electron chi connectivity index (χ0n) is 71.8. The third-order valence-electron chi connectivity index (χ3n) is 24.5. The first-order valence-electron chi connectivity index (χ1n) is 44.0. The summed E-state index contributed by atoms with van der Waals surface area (Å²) in [5.74, 6) is 2.70. The second-order valence-electron chi connectivity index (χ2n) is 32.9. The van der Waals surface area contributed by atoms with Crippen molar-refractivity contribution in [1.29, 1.82) is 0 Å². The van der Waals surface area contributed by atoms with Crippen molar-refractivity contribution >= 4 is 38.8 Å². The van der Waals surface area contributed by atoms with Crippen LogP contribution in [-0.2, 0) is 5.41 Å². The van der Waals surface area contributed by atoms with Crippen molar-refractivity contribution in [1.82, 2.24) is 43.1 Å². The predicted molar refractivity (Wildman–Crippen MR) is 534 cm³/mol. The molecule has 0 radical (unpaired) electrons. The van der Waals surface area contributed by atoms with E-state index in [0.29, 0.717) is 0 Å². The van der Waals surface area contributed by atoms with E-state index in [-0.39, 0.29) is 5.41 Å². The summed E-state index contributed by atoms with van der Waals surface area (Å²) in [6.45, 7) is 4.65. The lowest BCUT2D eigenvalue weighted by Gasteiger charge is -2.21. The molecule has 23 rings (SSSR count). The molecule has 9 heterocycles. The average molecular weight is 1670 g/mol. The number of hydrogen-bond acceptors (Lipinski definition) is 6. The summed E-state index contributed by atoms with van der Waals surface area (Å²) in [7, 11) is 0. The van der Waals surface area contributed by atoms with Gasteiger partial charge in [0.1, 0.15) is 34.6 Å². The van der Waals surface area contributed by atoms with E-state index in [9.17, 15) is 0 Å². The molecule has 130 heavy (non-hydrogen) atoms. The molecule has 0 aliphatic heterocycles. The van der Waals surface area contributed by atoms with Crippen molar-refractivity contribution in [3.8, 4) is 113 Å². The van der Waals surface area contributed by atoms with Crippen LogP contribution in [0.4, 0.5) is 0 Å². The fourth-order valence-electron chi connectivity index (χ4n) is 18.4. The number of pyridine rings is 6. The molecular formula is C121H87N9. The lowest BCUT2D eigenvalue weighted by Crippen LogP contribution is -2.14. The first kappa shape index (κ1) is 80.0. The second-order valence-corrected chi connectivity index (χ2v) is 32.9. The third-order valence-corrected chi connectivity index (χ3v) is 24.5. The number of aromatic nitrogens is 9. The van der Waals surface area contributed by atoms with Crippen molar-refractivity contribution < 1.29 is 0 Å². The van der Waals surface area contributed by atoms with Crippen molar-refractivity contribution in [2.75, 3.05) is 0 Å². The number of imidazole rings is 3. The SMILES string of the molecule is CC1(C)c2ccccc2-c2c(-c3ccc(-c4nc(-c5ccccn5)c5ccccn45)cc3)cccc21.c1ccc(C(=C(c2ccccc2)c2ccc(-c3cccc(-c4nc(-c5ccccn5)c5ccccn45)c3)cc2)c2ccccc2)cc1.c1ccc(C(=C(c2ccccc2)c2cccc(-c3cccc(-c4nc(-c5ccccn5)c5ccccn45)c3)c2)c2ccccc2)cc1. The Hall–Kier alpha value is -17.1. The Balaban J connectivity index is 0.000000119. The van der Waals surface area contributed by atoms with E-state index in [0.717, 1.165) is 118 Å². The van der Waals surface area contributed by atoms with Gasteiger partial charge in [-0.05, 0) is 213 Å². The van der Waals surface area contributed by atoms with E-state index >= 15 is 0 Å². The molecule has 9 nitrogen and oxygen atoms in total. The topological polar surface area (TPSA) is 90.6 Å². The minimum Gasteiger partial charge on any atom is -0.299 e. The van der Waals surface area contributed by atoms with Gasteiger partial charge < -0.3 is 0 Å². The molecule has 1 aliphatic carbocycles. The Morgan fingerprint density at radius 1 is 0.208 bits per heavy atom. The third kappa shape index (κ3) is 15.8. The van der Waals surface area contributed by atoms with Gasteiger partial charge in [0.25, 0.3) is 0 Å². The van der Waals surface area contributed by atoms with Crippen LogP contribution in [0.5, 0.6) is 0 Å². The first-order valence-corrected chi connectivity index (χ1v) is 44.0. The zero-order chi connectivity index (χ0) is 87.1. The fraction of sp³-hybridized carbons (Fsp3) is 0.0248. The summed E-state index contributed by atoms with van der Waals surface area (Å²) >= 11 is 0. The number of benzene rings is 13. The van der Waals surface area contributed by atoms with E-state index < -0.39 is 0 Å². The number of nitrogens with zero attached hydrogens (tertiary/aromatic N) is 9. The van der Waals surface area contributed by atoms with Gasteiger partial charge in [-0.25, -0.2) is 15.0 Å². The molecule has 9 heteroatoms. The normalized spacial score (nSPS) is 11.7. The van der Waals surface area contributed by atoms with Gasteiger partial charge >= 0.3 is 0 Å². The first-order chi connectivity index (χ1) is 64.3. The highest BCUT2D eigenvalue weighted by Crippen LogP contribution is 2.53. The van der Waals surface area contributed by atoms with E-state index in [2.05, 4.69) is 425 Å². The van der Waals surface area contributed by atoms with E-state index in [4.69, 9.17) is 15.0 Å². The van der Waals surface area contributed by atoms with Crippen LogP contribution >= 0.6 is 0 Å². The van der Waals surface area contributed by atoms with Gasteiger partial charge in [0, 0.05) is 59.3 Å². The summed E-state index contributed by atoms with van der Waals surface area (Å²) in [6.07, 6.45) is 11.7. The number of fused-ring (bicyclic) bond motifs is 6. The Morgan fingerprint density at radius 3 is 0.908 bits per heavy atom. The van der Waals surface area contributed by atoms with Crippen molar-refractivity contribution in [2.45, 2.75) is 19.3 Å². The van der Waals surface area contributed by atoms with E-state index in [1.165, 1.54) is 89.1 Å². The van der Waals surface area contributed by atoms with Gasteiger partial charge in [0.15, 0.2) is 0 Å². The monoisotopic (exact) mass is 1670 g/mol. The molecule has 0 bridgehead atoms. The molecule has 0 amide bonds. The summed E-state index contributed by atoms with van der Waals surface area (Å²) in [5.41, 5.74) is 38.3. The highest BCUT2D eigenvalue weighted by Gasteiger charge is 2.37. The van der Waals surface area contributed by atoms with Crippen LogP contribution in [0.2, 0.25) is 0 Å². The molecule has 0 unspecified atom stereocenters. The molecule has 0 saturated carbocycles. The minimum absolute atomic E-state index is 0.00147. The van der Waals surface area contributed by atoms with Gasteiger partial charge in [0.2, 0.25) is 0 Å². The Labute approximate surface area is 756 Å². The molecule has 22 aromatic rings. The molecular weight excluding hydrogens is 1580 g/mol. The minimum atomic E-state index is -0.00147. The van der Waals surface area contributed by atoms with Crippen molar-refractivity contribution in [2.24, 2.45) is 0 Å². The smallest absolute Gasteiger partial charge is 0.145 e. The molecule has 616 valence electrons. The lowest BCUT2D eigenvalue weighted by atomic mass is 9.82. The Bertz CT molecular complexity index is 7760. The summed E-state index contributed by atoms with van der Waals surface area (Å²) < 4.78 is 6.46. The molecule has 0 fully saturated rings. The van der Waals surface area contributed by atoms with Gasteiger partial charge in [-0.3, -0.25) is 28.2 Å². The van der Waals surface area contributed by atoms with Crippen LogP contribution in [0, 0.1) is 0 Å². The zero-order valence-corrected chi connectivity index (χ0v) is 71.8. The maximum absolute atomic E-state index is 5.13. The van der Waals surface area contributed by atoms with Crippen molar-refractivity contribution in [3.05, 3.63) is 548 Å². The highest BCUT2D eigenvalue weighted by molar-refractivity contribution is 6.06. The maximum Gasteiger partial charge on any atom is 0.145 e. The number of rotatable bonds is 17. The molecule has 0 spiro atoms. The molecule has 0 N–H and O–H groups in total. The van der Waals surface area contributed by atoms with Crippen LogP contribution in [0.1, 0.15) is 69.5 Å². The van der Waals surface area contributed by atoms with Crippen LogP contribution < -0.4 is 0 Å². The number of hydrogen-bond donors (Lipinski definition) is 0. The summed E-state index contributed by atoms with van der Waals surface area (Å²) in [6, 6.07) is 160. The van der Waals surface area contributed by atoms with Gasteiger partial charge in [-0.15, -0.1) is 0 Å². The Morgan fingerprint density at radius 2 is 0.500 bits per heavy atom. The average Bonchev–Trinajstić information content (AvgIpc) is 1.57. The van der Waals surface area contributed by atoms with E-state index in [1.807, 2.05) is 110 Å². The van der Waals surface area contributed by atoms with Crippen LogP contribution in [0.25, 0.3) is 152 Å². The van der Waals surface area contributed by atoms with Crippen molar-refractivity contribution in [3.63, 3.8) is 0 Å². The predicted octanol–water partition coefficient (Wildman–Crippen LogP) is 29.5. The molecule has 9 aromatic heterocycles. The highest BCUT2D eigenvalue weighted by atomic mass is 15.1. The molecule has 1 aliphatic rings. The van der Waals surface area contributed by atoms with Gasteiger partial charge in [-0.1, -0.05) is 378 Å². The van der Waals surface area contributed by atoms with Crippen LogP contribution in [0.3, 0.4) is 0 Å². The quantitative estimate of drug-likeness (QED) is 0.0844. The summed E-state index contributed by atoms with van der Waals surface area (Å²) in [5, 5.41) is 0. The Kier molecular flexibility index (Phi) is 22.1. The van der Waals surface area contributed by atoms with Gasteiger partial charge in [-0.2, -0.15) is 0 Å². The molecule has 0 atom stereocenters. The van der Waals surface area contributed by atoms with Crippen LogP contribution in [0.15, 0.2) is 492 Å². The van der Waals surface area contributed by atoms with Gasteiger partial charge in [0.05, 0.1) is 33.6 Å². The molecule has 0 saturated heterocycles. The standard InChI is InChI=1S/2C44H31N3.C33H25N3/c1-4-16-32(17-5-1)41(33-18-6-2-7-19-33)42(34-20-8-3-9-21-34)37-24-14-22-35(30-37)36-23-15-25-38(31-36)44-46-43(39-26-10-12-28-45-39)40-27-11-13-29-47(40)44;1-4-15-33(16-5-1)41(34-17-6-2-7-18-34)42(35-19-8-3-9-20-35)36-27-25-32(26-28-36)37-21-14-22-38(31-37)44-46-43(39-23-10-12-29-45-39)40-24-11-13-30-47(40)44;1-33(2)26-12-4-3-10-25(26)30-24(11-9-13-27(30)33)22-16-18-23(19-17-22)32-35-31(28-14-5-7-20-34-28)29-15-6-8-21-36(29)32/h2*1-31H;3-21H,1-2H3. The largest absolute Gasteiger partial charge is 0.299 e. The maximum atomic E-state index is 5.13. The van der Waals surface area contributed by atoms with E-state index in [1.54, 1.807) is 0 Å². The fourth-order valence-corrected chi connectivity index (χ4v) is 18.4.